The van der Waals surface area contributed by atoms with Crippen LogP contribution in [0.4, 0.5) is 4.39 Å². The molecule has 0 spiro atoms. The molecule has 106 valence electrons. The minimum Gasteiger partial charge on any atom is -0.354 e. The first-order chi connectivity index (χ1) is 9.59. The topological polar surface area (TPSA) is 49.4 Å². The molecule has 1 aromatic carbocycles. The van der Waals surface area contributed by atoms with Crippen LogP contribution < -0.4 is 5.32 Å². The van der Waals surface area contributed by atoms with Gasteiger partial charge in [-0.05, 0) is 47.3 Å². The Labute approximate surface area is 124 Å². The van der Waals surface area contributed by atoms with Crippen molar-refractivity contribution in [3.8, 4) is 0 Å². The maximum atomic E-state index is 13.6. The van der Waals surface area contributed by atoms with Gasteiger partial charge in [0.15, 0.2) is 0 Å². The molecular weight excluding hydrogens is 327 g/mol. The Kier molecular flexibility index (Phi) is 3.50. The molecule has 2 aliphatic rings. The van der Waals surface area contributed by atoms with Crippen molar-refractivity contribution in [3.05, 3.63) is 33.5 Å². The summed E-state index contributed by atoms with van der Waals surface area (Å²) in [6.45, 7) is 0.938. The van der Waals surface area contributed by atoms with Gasteiger partial charge in [-0.15, -0.1) is 0 Å². The molecule has 0 radical (unpaired) electrons. The van der Waals surface area contributed by atoms with Crippen LogP contribution >= 0.6 is 15.9 Å². The second-order valence-electron chi connectivity index (χ2n) is 5.12. The van der Waals surface area contributed by atoms with Gasteiger partial charge in [-0.1, -0.05) is 0 Å². The summed E-state index contributed by atoms with van der Waals surface area (Å²) in [7, 11) is 0. The van der Waals surface area contributed by atoms with Crippen LogP contribution in [0.25, 0.3) is 0 Å². The molecule has 4 nitrogen and oxygen atoms in total. The van der Waals surface area contributed by atoms with E-state index >= 15 is 0 Å². The van der Waals surface area contributed by atoms with Crippen molar-refractivity contribution < 1.29 is 14.0 Å². The normalized spacial score (nSPS) is 22.5. The number of carbonyl (C=O) groups excluding carboxylic acids is 2. The number of halogens is 2. The van der Waals surface area contributed by atoms with Crippen molar-refractivity contribution in [1.82, 2.24) is 10.2 Å². The fourth-order valence-corrected chi connectivity index (χ4v) is 3.29. The van der Waals surface area contributed by atoms with Crippen molar-refractivity contribution in [1.29, 1.82) is 0 Å². The highest BCUT2D eigenvalue weighted by molar-refractivity contribution is 9.10. The van der Waals surface area contributed by atoms with Crippen LogP contribution in [0.1, 0.15) is 35.2 Å². The minimum absolute atomic E-state index is 0.111. The third-order valence-corrected chi connectivity index (χ3v) is 4.76. The highest BCUT2D eigenvalue weighted by Crippen LogP contribution is 2.33. The molecule has 2 aliphatic heterocycles. The lowest BCUT2D eigenvalue weighted by Crippen LogP contribution is -2.45. The van der Waals surface area contributed by atoms with E-state index in [1.54, 1.807) is 4.90 Å². The Morgan fingerprint density at radius 2 is 2.10 bits per heavy atom. The molecule has 0 aliphatic carbocycles. The fraction of sp³-hybridized carbons (Fsp3) is 0.429. The Balaban J connectivity index is 1.93. The molecule has 2 heterocycles. The summed E-state index contributed by atoms with van der Waals surface area (Å²) in [5, 5.41) is 2.83. The smallest absolute Gasteiger partial charge is 0.255 e. The molecule has 1 aromatic rings. The van der Waals surface area contributed by atoms with Crippen molar-refractivity contribution in [2.75, 3.05) is 6.54 Å². The monoisotopic (exact) mass is 340 g/mol. The number of rotatable bonds is 1. The second kappa shape index (κ2) is 5.16. The van der Waals surface area contributed by atoms with Crippen LogP contribution in [0.3, 0.4) is 0 Å². The average Bonchev–Trinajstić information content (AvgIpc) is 2.61. The summed E-state index contributed by atoms with van der Waals surface area (Å²) in [4.78, 5) is 26.0. The van der Waals surface area contributed by atoms with E-state index in [2.05, 4.69) is 21.2 Å². The van der Waals surface area contributed by atoms with Crippen LogP contribution in [-0.2, 0) is 11.3 Å². The van der Waals surface area contributed by atoms with Gasteiger partial charge in [0.2, 0.25) is 5.91 Å². The Morgan fingerprint density at radius 1 is 1.30 bits per heavy atom. The SMILES string of the molecule is O=C1NCCCC[C@@H]1N1Cc2c(ccc(F)c2Br)C1=O. The fourth-order valence-electron chi connectivity index (χ4n) is 2.82. The number of benzene rings is 1. The highest BCUT2D eigenvalue weighted by Gasteiger charge is 2.38. The van der Waals surface area contributed by atoms with Gasteiger partial charge in [0, 0.05) is 24.2 Å². The zero-order chi connectivity index (χ0) is 14.3. The van der Waals surface area contributed by atoms with Gasteiger partial charge in [-0.3, -0.25) is 9.59 Å². The van der Waals surface area contributed by atoms with E-state index in [-0.39, 0.29) is 24.2 Å². The molecule has 0 unspecified atom stereocenters. The number of hydrogen-bond donors (Lipinski definition) is 1. The van der Waals surface area contributed by atoms with Gasteiger partial charge in [-0.25, -0.2) is 4.39 Å². The molecule has 1 saturated heterocycles. The van der Waals surface area contributed by atoms with Crippen LogP contribution in [0.15, 0.2) is 16.6 Å². The van der Waals surface area contributed by atoms with Crippen LogP contribution in [0, 0.1) is 5.82 Å². The first kappa shape index (κ1) is 13.5. The molecule has 1 fully saturated rings. The first-order valence-electron chi connectivity index (χ1n) is 6.65. The summed E-state index contributed by atoms with van der Waals surface area (Å²) in [5.74, 6) is -0.688. The third kappa shape index (κ3) is 2.12. The Hall–Kier alpha value is -1.43. The van der Waals surface area contributed by atoms with E-state index in [4.69, 9.17) is 0 Å². The molecule has 6 heteroatoms. The number of amides is 2. The third-order valence-electron chi connectivity index (χ3n) is 3.90. The van der Waals surface area contributed by atoms with Crippen molar-refractivity contribution in [2.24, 2.45) is 0 Å². The van der Waals surface area contributed by atoms with Gasteiger partial charge >= 0.3 is 0 Å². The lowest BCUT2D eigenvalue weighted by Gasteiger charge is -2.25. The van der Waals surface area contributed by atoms with Crippen molar-refractivity contribution >= 4 is 27.7 Å². The lowest BCUT2D eigenvalue weighted by molar-refractivity contribution is -0.125. The molecule has 0 aromatic heterocycles. The number of nitrogens with one attached hydrogen (secondary N) is 1. The number of hydrogen-bond acceptors (Lipinski definition) is 2. The Morgan fingerprint density at radius 3 is 2.90 bits per heavy atom. The maximum absolute atomic E-state index is 13.6. The zero-order valence-electron chi connectivity index (χ0n) is 10.8. The van der Waals surface area contributed by atoms with Crippen LogP contribution in [0.5, 0.6) is 0 Å². The minimum atomic E-state index is -0.452. The largest absolute Gasteiger partial charge is 0.354 e. The van der Waals surface area contributed by atoms with Crippen LogP contribution in [-0.4, -0.2) is 29.3 Å². The summed E-state index contributed by atoms with van der Waals surface area (Å²) in [5.41, 5.74) is 1.11. The number of carbonyl (C=O) groups is 2. The standard InChI is InChI=1S/C14H14BrFN2O2/c15-12-9-7-18(11-3-1-2-6-17-13(11)19)14(20)8(9)4-5-10(12)16/h4-5,11H,1-3,6-7H2,(H,17,19)/t11-/m0/s1. The molecule has 0 bridgehead atoms. The Bertz CT molecular complexity index is 591. The molecule has 2 amide bonds. The predicted octanol–water partition coefficient (Wildman–Crippen LogP) is 2.21. The number of nitrogens with zero attached hydrogens (tertiary/aromatic N) is 1. The van der Waals surface area contributed by atoms with Gasteiger partial charge in [0.05, 0.1) is 4.47 Å². The predicted molar refractivity (Wildman–Crippen MR) is 74.6 cm³/mol. The molecule has 3 rings (SSSR count). The van der Waals surface area contributed by atoms with E-state index < -0.39 is 6.04 Å². The van der Waals surface area contributed by atoms with E-state index in [0.717, 1.165) is 12.8 Å². The second-order valence-corrected chi connectivity index (χ2v) is 5.92. The molecule has 20 heavy (non-hydrogen) atoms. The lowest BCUT2D eigenvalue weighted by atomic mass is 10.1. The quantitative estimate of drug-likeness (QED) is 0.852. The first-order valence-corrected chi connectivity index (χ1v) is 7.44. The zero-order valence-corrected chi connectivity index (χ0v) is 12.4. The van der Waals surface area contributed by atoms with Crippen LogP contribution in [0.2, 0.25) is 0 Å². The van der Waals surface area contributed by atoms with Gasteiger partial charge in [0.1, 0.15) is 11.9 Å². The molecular formula is C14H14BrFN2O2. The average molecular weight is 341 g/mol. The summed E-state index contributed by atoms with van der Waals surface area (Å²) in [6, 6.07) is 2.32. The molecule has 1 N–H and O–H groups in total. The van der Waals surface area contributed by atoms with E-state index in [1.807, 2.05) is 0 Å². The summed E-state index contributed by atoms with van der Waals surface area (Å²) in [6.07, 6.45) is 2.49. The van der Waals surface area contributed by atoms with Gasteiger partial charge < -0.3 is 10.2 Å². The van der Waals surface area contributed by atoms with E-state index in [9.17, 15) is 14.0 Å². The molecule has 0 saturated carbocycles. The van der Waals surface area contributed by atoms with E-state index in [0.29, 0.717) is 28.6 Å². The van der Waals surface area contributed by atoms with Gasteiger partial charge in [0.25, 0.3) is 5.91 Å². The summed E-state index contributed by atoms with van der Waals surface area (Å²) < 4.78 is 13.9. The molecule has 1 atom stereocenters. The highest BCUT2D eigenvalue weighted by atomic mass is 79.9. The van der Waals surface area contributed by atoms with Crippen molar-refractivity contribution in [2.45, 2.75) is 31.8 Å². The van der Waals surface area contributed by atoms with Gasteiger partial charge in [-0.2, -0.15) is 0 Å². The van der Waals surface area contributed by atoms with Crippen molar-refractivity contribution in [3.63, 3.8) is 0 Å². The summed E-state index contributed by atoms with van der Waals surface area (Å²) >= 11 is 3.19. The maximum Gasteiger partial charge on any atom is 0.255 e. The number of fused-ring (bicyclic) bond motifs is 1. The van der Waals surface area contributed by atoms with E-state index in [1.165, 1.54) is 12.1 Å².